The number of nitrogens with zero attached hydrogens (tertiary/aromatic N) is 5. The first-order valence-corrected chi connectivity index (χ1v) is 6.94. The topological polar surface area (TPSA) is 65.2 Å². The molecule has 4 aromatic rings. The van der Waals surface area contributed by atoms with E-state index in [-0.39, 0.29) is 5.28 Å². The predicted octanol–water partition coefficient (Wildman–Crippen LogP) is 3.00. The highest BCUT2D eigenvalue weighted by Gasteiger charge is 2.13. The van der Waals surface area contributed by atoms with Crippen LogP contribution in [0.1, 0.15) is 0 Å². The highest BCUT2D eigenvalue weighted by atomic mass is 35.5. The van der Waals surface area contributed by atoms with Crippen molar-refractivity contribution in [2.45, 2.75) is 0 Å². The lowest BCUT2D eigenvalue weighted by atomic mass is 10.2. The average molecular weight is 312 g/mol. The van der Waals surface area contributed by atoms with E-state index in [1.54, 1.807) is 19.5 Å². The van der Waals surface area contributed by atoms with Gasteiger partial charge in [-0.05, 0) is 41.9 Å². The molecule has 0 atom stereocenters. The second-order valence-corrected chi connectivity index (χ2v) is 5.01. The summed E-state index contributed by atoms with van der Waals surface area (Å²) in [5.41, 5.74) is 2.22. The van der Waals surface area contributed by atoms with Gasteiger partial charge >= 0.3 is 0 Å². The van der Waals surface area contributed by atoms with Crippen LogP contribution in [0.25, 0.3) is 27.9 Å². The Morgan fingerprint density at radius 2 is 1.91 bits per heavy atom. The Kier molecular flexibility index (Phi) is 2.90. The molecule has 3 heterocycles. The van der Waals surface area contributed by atoms with Gasteiger partial charge in [0.25, 0.3) is 0 Å². The lowest BCUT2D eigenvalue weighted by Gasteiger charge is -1.99. The van der Waals surface area contributed by atoms with Gasteiger partial charge in [0, 0.05) is 17.1 Å². The molecule has 1 aromatic carbocycles. The van der Waals surface area contributed by atoms with Gasteiger partial charge in [-0.15, -0.1) is 5.10 Å². The second kappa shape index (κ2) is 4.92. The first-order valence-electron chi connectivity index (χ1n) is 6.57. The summed E-state index contributed by atoms with van der Waals surface area (Å²) in [7, 11) is 1.63. The van der Waals surface area contributed by atoms with Gasteiger partial charge in [0.1, 0.15) is 5.75 Å². The van der Waals surface area contributed by atoms with E-state index in [9.17, 15) is 0 Å². The molecule has 22 heavy (non-hydrogen) atoms. The minimum absolute atomic E-state index is 0.253. The summed E-state index contributed by atoms with van der Waals surface area (Å²) in [5, 5.41) is 5.54. The number of pyridine rings is 1. The van der Waals surface area contributed by atoms with E-state index in [1.165, 1.54) is 4.52 Å². The Labute approximate surface area is 130 Å². The Bertz CT molecular complexity index is 980. The number of fused-ring (bicyclic) bond motifs is 3. The zero-order valence-corrected chi connectivity index (χ0v) is 12.3. The third-order valence-electron chi connectivity index (χ3n) is 3.38. The van der Waals surface area contributed by atoms with E-state index in [0.29, 0.717) is 17.0 Å². The van der Waals surface area contributed by atoms with Gasteiger partial charge in [0.15, 0.2) is 11.5 Å². The molecule has 4 rings (SSSR count). The normalized spacial score (nSPS) is 11.2. The fourth-order valence-electron chi connectivity index (χ4n) is 2.29. The molecule has 0 radical (unpaired) electrons. The van der Waals surface area contributed by atoms with Crippen molar-refractivity contribution in [3.63, 3.8) is 0 Å². The first-order chi connectivity index (χ1) is 10.8. The minimum atomic E-state index is 0.253. The van der Waals surface area contributed by atoms with E-state index < -0.39 is 0 Å². The summed E-state index contributed by atoms with van der Waals surface area (Å²) in [4.78, 5) is 12.9. The van der Waals surface area contributed by atoms with Crippen molar-refractivity contribution in [3.05, 3.63) is 48.0 Å². The highest BCUT2D eigenvalue weighted by Crippen LogP contribution is 2.24. The van der Waals surface area contributed by atoms with Crippen LogP contribution < -0.4 is 4.74 Å². The van der Waals surface area contributed by atoms with Crippen LogP contribution in [0.2, 0.25) is 5.28 Å². The molecule has 0 unspecified atom stereocenters. The molecule has 6 nitrogen and oxygen atoms in total. The summed E-state index contributed by atoms with van der Waals surface area (Å²) in [6, 6.07) is 9.38. The van der Waals surface area contributed by atoms with Crippen LogP contribution in [-0.4, -0.2) is 31.7 Å². The monoisotopic (exact) mass is 311 g/mol. The number of hydrogen-bond donors (Lipinski definition) is 0. The molecule has 0 saturated heterocycles. The van der Waals surface area contributed by atoms with Gasteiger partial charge in [-0.3, -0.25) is 4.98 Å². The molecule has 0 bridgehead atoms. The zero-order valence-electron chi connectivity index (χ0n) is 11.6. The molecular formula is C15H10ClN5O. The molecule has 7 heteroatoms. The summed E-state index contributed by atoms with van der Waals surface area (Å²) in [5.74, 6) is 1.36. The largest absolute Gasteiger partial charge is 0.497 e. The molecule has 0 amide bonds. The third-order valence-corrected chi connectivity index (χ3v) is 3.63. The van der Waals surface area contributed by atoms with Crippen molar-refractivity contribution >= 4 is 28.2 Å². The Balaban J connectivity index is 1.96. The lowest BCUT2D eigenvalue weighted by molar-refractivity contribution is 0.415. The number of halogens is 1. The van der Waals surface area contributed by atoms with Crippen LogP contribution in [0.5, 0.6) is 5.75 Å². The molecule has 108 valence electrons. The summed E-state index contributed by atoms with van der Waals surface area (Å²) in [6.45, 7) is 0. The molecule has 0 aliphatic heterocycles. The molecule has 0 N–H and O–H groups in total. The smallest absolute Gasteiger partial charge is 0.226 e. The maximum absolute atomic E-state index is 6.19. The molecule has 0 fully saturated rings. The van der Waals surface area contributed by atoms with Crippen molar-refractivity contribution in [2.75, 3.05) is 7.11 Å². The molecule has 3 aromatic heterocycles. The fraction of sp³-hybridized carbons (Fsp3) is 0.0667. The summed E-state index contributed by atoms with van der Waals surface area (Å²) < 4.78 is 6.69. The third kappa shape index (κ3) is 1.96. The van der Waals surface area contributed by atoms with Crippen molar-refractivity contribution in [2.24, 2.45) is 0 Å². The van der Waals surface area contributed by atoms with E-state index in [2.05, 4.69) is 20.1 Å². The van der Waals surface area contributed by atoms with Gasteiger partial charge in [-0.1, -0.05) is 0 Å². The number of hydrogen-bond acceptors (Lipinski definition) is 5. The van der Waals surface area contributed by atoms with Gasteiger partial charge in [-0.2, -0.15) is 4.52 Å². The molecule has 0 aliphatic rings. The predicted molar refractivity (Wildman–Crippen MR) is 83.1 cm³/mol. The van der Waals surface area contributed by atoms with Crippen LogP contribution in [0, 0.1) is 0 Å². The number of benzene rings is 1. The number of rotatable bonds is 2. The molecule has 0 spiro atoms. The SMILES string of the molecule is COc1ccc(-c2nc3c4ccncc4nc(Cl)n3n2)cc1. The maximum Gasteiger partial charge on any atom is 0.226 e. The maximum atomic E-state index is 6.19. The summed E-state index contributed by atoms with van der Waals surface area (Å²) >= 11 is 6.19. The van der Waals surface area contributed by atoms with E-state index >= 15 is 0 Å². The number of ether oxygens (including phenoxy) is 1. The number of aromatic nitrogens is 5. The number of methoxy groups -OCH3 is 1. The molecular weight excluding hydrogens is 302 g/mol. The Hall–Kier alpha value is -2.73. The Morgan fingerprint density at radius 3 is 2.68 bits per heavy atom. The van der Waals surface area contributed by atoms with Crippen LogP contribution in [0.15, 0.2) is 42.7 Å². The standard InChI is InChI=1S/C15H10ClN5O/c1-22-10-4-2-9(3-5-10)13-19-14-11-6-7-17-8-12(11)18-15(16)21(14)20-13/h2-8H,1H3. The quantitative estimate of drug-likeness (QED) is 0.532. The van der Waals surface area contributed by atoms with Crippen molar-refractivity contribution < 1.29 is 4.74 Å². The van der Waals surface area contributed by atoms with Crippen LogP contribution in [0.4, 0.5) is 0 Å². The first kappa shape index (κ1) is 13.0. The van der Waals surface area contributed by atoms with Crippen molar-refractivity contribution in [1.82, 2.24) is 24.6 Å². The van der Waals surface area contributed by atoms with E-state index in [0.717, 1.165) is 16.7 Å². The minimum Gasteiger partial charge on any atom is -0.497 e. The molecule has 0 saturated carbocycles. The van der Waals surface area contributed by atoms with E-state index in [4.69, 9.17) is 16.3 Å². The van der Waals surface area contributed by atoms with E-state index in [1.807, 2.05) is 30.3 Å². The fourth-order valence-corrected chi connectivity index (χ4v) is 2.50. The van der Waals surface area contributed by atoms with Crippen LogP contribution in [0.3, 0.4) is 0 Å². The highest BCUT2D eigenvalue weighted by molar-refractivity contribution is 6.29. The lowest BCUT2D eigenvalue weighted by Crippen LogP contribution is -1.95. The van der Waals surface area contributed by atoms with Gasteiger partial charge in [0.2, 0.25) is 5.28 Å². The van der Waals surface area contributed by atoms with Gasteiger partial charge in [0.05, 0.1) is 18.8 Å². The van der Waals surface area contributed by atoms with Gasteiger partial charge < -0.3 is 4.74 Å². The Morgan fingerprint density at radius 1 is 1.09 bits per heavy atom. The van der Waals surface area contributed by atoms with Crippen LogP contribution in [-0.2, 0) is 0 Å². The van der Waals surface area contributed by atoms with Crippen LogP contribution >= 0.6 is 11.6 Å². The molecule has 0 aliphatic carbocycles. The average Bonchev–Trinajstić information content (AvgIpc) is 3.01. The zero-order chi connectivity index (χ0) is 15.1. The van der Waals surface area contributed by atoms with Crippen molar-refractivity contribution in [3.8, 4) is 17.1 Å². The second-order valence-electron chi connectivity index (χ2n) is 4.67. The summed E-state index contributed by atoms with van der Waals surface area (Å²) in [6.07, 6.45) is 3.35. The van der Waals surface area contributed by atoms with Gasteiger partial charge in [-0.25, -0.2) is 9.97 Å². The van der Waals surface area contributed by atoms with Crippen molar-refractivity contribution in [1.29, 1.82) is 0 Å².